The molecule has 2 amide bonds. The molecule has 2 N–H and O–H groups in total. The van der Waals surface area contributed by atoms with E-state index in [1.807, 2.05) is 32.0 Å². The molecular weight excluding hydrogens is 420 g/mol. The van der Waals surface area contributed by atoms with Gasteiger partial charge in [-0.15, -0.1) is 0 Å². The minimum Gasteiger partial charge on any atom is -0.490 e. The molecule has 176 valence electrons. The second-order valence-corrected chi connectivity index (χ2v) is 7.86. The van der Waals surface area contributed by atoms with Gasteiger partial charge in [-0.1, -0.05) is 36.8 Å². The molecule has 0 aliphatic carbocycles. The number of hydrogen-bond donors (Lipinski definition) is 2. The van der Waals surface area contributed by atoms with Crippen molar-refractivity contribution in [3.05, 3.63) is 69.9 Å². The Bertz CT molecular complexity index is 1060. The summed E-state index contributed by atoms with van der Waals surface area (Å²) in [4.78, 5) is 25.0. The third-order valence-corrected chi connectivity index (χ3v) is 5.49. The SMILES string of the molecule is CCOC(=O)C1=C(CC)NC(=O)NC1c1ccc(OCc2cc(C)ccc2C)c(OCC)c1. The summed E-state index contributed by atoms with van der Waals surface area (Å²) in [6.07, 6.45) is 0.493. The molecule has 1 heterocycles. The van der Waals surface area contributed by atoms with Gasteiger partial charge in [0.2, 0.25) is 0 Å². The van der Waals surface area contributed by atoms with Gasteiger partial charge < -0.3 is 24.8 Å². The van der Waals surface area contributed by atoms with Crippen molar-refractivity contribution in [3.63, 3.8) is 0 Å². The zero-order valence-corrected chi connectivity index (χ0v) is 19.9. The van der Waals surface area contributed by atoms with Gasteiger partial charge in [-0.25, -0.2) is 9.59 Å². The van der Waals surface area contributed by atoms with Gasteiger partial charge >= 0.3 is 12.0 Å². The molecule has 7 nitrogen and oxygen atoms in total. The highest BCUT2D eigenvalue weighted by Gasteiger charge is 2.33. The molecule has 1 unspecified atom stereocenters. The van der Waals surface area contributed by atoms with Crippen molar-refractivity contribution >= 4 is 12.0 Å². The fourth-order valence-corrected chi connectivity index (χ4v) is 3.80. The maximum absolute atomic E-state index is 12.7. The van der Waals surface area contributed by atoms with Crippen molar-refractivity contribution in [2.75, 3.05) is 13.2 Å². The van der Waals surface area contributed by atoms with Crippen molar-refractivity contribution in [2.45, 2.75) is 53.7 Å². The third kappa shape index (κ3) is 5.66. The number of hydrogen-bond acceptors (Lipinski definition) is 5. The molecular formula is C26H32N2O5. The number of carbonyl (C=O) groups is 2. The van der Waals surface area contributed by atoms with Gasteiger partial charge in [0.05, 0.1) is 24.8 Å². The van der Waals surface area contributed by atoms with Gasteiger partial charge in [0.25, 0.3) is 0 Å². The van der Waals surface area contributed by atoms with Gasteiger partial charge in [-0.05, 0) is 62.9 Å². The second kappa shape index (κ2) is 10.9. The maximum Gasteiger partial charge on any atom is 0.338 e. The smallest absolute Gasteiger partial charge is 0.338 e. The fraction of sp³-hybridized carbons (Fsp3) is 0.385. The van der Waals surface area contributed by atoms with E-state index in [1.54, 1.807) is 6.92 Å². The lowest BCUT2D eigenvalue weighted by Crippen LogP contribution is -2.45. The summed E-state index contributed by atoms with van der Waals surface area (Å²) in [7, 11) is 0. The molecule has 2 aromatic rings. The normalized spacial score (nSPS) is 15.5. The van der Waals surface area contributed by atoms with Crippen molar-refractivity contribution < 1.29 is 23.8 Å². The molecule has 1 aliphatic rings. The molecule has 0 radical (unpaired) electrons. The third-order valence-electron chi connectivity index (χ3n) is 5.49. The lowest BCUT2D eigenvalue weighted by molar-refractivity contribution is -0.139. The summed E-state index contributed by atoms with van der Waals surface area (Å²) >= 11 is 0. The molecule has 0 saturated carbocycles. The van der Waals surface area contributed by atoms with E-state index in [4.69, 9.17) is 14.2 Å². The van der Waals surface area contributed by atoms with Crippen molar-refractivity contribution in [3.8, 4) is 11.5 Å². The van der Waals surface area contributed by atoms with Gasteiger partial charge in [-0.3, -0.25) is 0 Å². The molecule has 33 heavy (non-hydrogen) atoms. The number of ether oxygens (including phenoxy) is 3. The van der Waals surface area contributed by atoms with E-state index >= 15 is 0 Å². The van der Waals surface area contributed by atoms with Crippen LogP contribution < -0.4 is 20.1 Å². The number of benzene rings is 2. The summed E-state index contributed by atoms with van der Waals surface area (Å²) in [6.45, 7) is 10.7. The zero-order valence-electron chi connectivity index (χ0n) is 19.9. The first kappa shape index (κ1) is 24.2. The van der Waals surface area contributed by atoms with Crippen LogP contribution in [0.2, 0.25) is 0 Å². The number of rotatable bonds is 9. The minimum absolute atomic E-state index is 0.245. The Labute approximate surface area is 195 Å². The molecule has 7 heteroatoms. The predicted molar refractivity (Wildman–Crippen MR) is 126 cm³/mol. The molecule has 0 aromatic heterocycles. The number of nitrogens with one attached hydrogen (secondary N) is 2. The maximum atomic E-state index is 12.7. The Morgan fingerprint density at radius 1 is 0.970 bits per heavy atom. The molecule has 1 atom stereocenters. The standard InChI is InChI=1S/C26H32N2O5/c1-6-20-23(25(29)32-8-3)24(28-26(30)27-20)18-11-12-21(22(14-18)31-7-2)33-15-19-13-16(4)9-10-17(19)5/h9-14,24H,6-8,15H2,1-5H3,(H2,27,28,30). The first-order chi connectivity index (χ1) is 15.9. The van der Waals surface area contributed by atoms with Gasteiger partial charge in [0, 0.05) is 5.70 Å². The summed E-state index contributed by atoms with van der Waals surface area (Å²) in [5, 5.41) is 5.57. The monoisotopic (exact) mass is 452 g/mol. The van der Waals surface area contributed by atoms with E-state index in [-0.39, 0.29) is 12.6 Å². The van der Waals surface area contributed by atoms with Crippen LogP contribution in [0.5, 0.6) is 11.5 Å². The van der Waals surface area contributed by atoms with E-state index in [1.165, 1.54) is 5.56 Å². The molecule has 0 bridgehead atoms. The van der Waals surface area contributed by atoms with Gasteiger partial charge in [0.15, 0.2) is 11.5 Å². The van der Waals surface area contributed by atoms with Crippen LogP contribution in [0.25, 0.3) is 0 Å². The Morgan fingerprint density at radius 3 is 2.45 bits per heavy atom. The number of esters is 1. The van der Waals surface area contributed by atoms with Crippen LogP contribution in [0, 0.1) is 13.8 Å². The molecule has 0 saturated heterocycles. The van der Waals surface area contributed by atoms with Crippen LogP contribution in [-0.4, -0.2) is 25.2 Å². The van der Waals surface area contributed by atoms with Crippen LogP contribution in [0.1, 0.15) is 55.5 Å². The van der Waals surface area contributed by atoms with E-state index in [0.717, 1.165) is 11.1 Å². The summed E-state index contributed by atoms with van der Waals surface area (Å²) < 4.78 is 17.2. The number of urea groups is 1. The molecule has 3 rings (SSSR count). The molecule has 0 spiro atoms. The summed E-state index contributed by atoms with van der Waals surface area (Å²) in [6, 6.07) is 10.7. The van der Waals surface area contributed by atoms with Crippen molar-refractivity contribution in [2.24, 2.45) is 0 Å². The number of carbonyl (C=O) groups excluding carboxylic acids is 2. The number of amides is 2. The van der Waals surface area contributed by atoms with Gasteiger partial charge in [-0.2, -0.15) is 0 Å². The van der Waals surface area contributed by atoms with Crippen LogP contribution in [-0.2, 0) is 16.1 Å². The van der Waals surface area contributed by atoms with Crippen LogP contribution in [0.3, 0.4) is 0 Å². The Morgan fingerprint density at radius 2 is 1.76 bits per heavy atom. The Kier molecular flexibility index (Phi) is 7.98. The summed E-state index contributed by atoms with van der Waals surface area (Å²) in [5.74, 6) is 0.688. The number of aryl methyl sites for hydroxylation is 2. The highest BCUT2D eigenvalue weighted by Crippen LogP contribution is 2.35. The fourth-order valence-electron chi connectivity index (χ4n) is 3.80. The van der Waals surface area contributed by atoms with Crippen LogP contribution >= 0.6 is 0 Å². The molecule has 1 aliphatic heterocycles. The first-order valence-corrected chi connectivity index (χ1v) is 11.3. The second-order valence-electron chi connectivity index (χ2n) is 7.86. The highest BCUT2D eigenvalue weighted by molar-refractivity contribution is 5.95. The minimum atomic E-state index is -0.653. The van der Waals surface area contributed by atoms with E-state index in [0.29, 0.717) is 48.0 Å². The average Bonchev–Trinajstić information content (AvgIpc) is 2.79. The van der Waals surface area contributed by atoms with Crippen molar-refractivity contribution in [1.82, 2.24) is 10.6 Å². The van der Waals surface area contributed by atoms with Crippen LogP contribution in [0.15, 0.2) is 47.7 Å². The molecule has 0 fully saturated rings. The van der Waals surface area contributed by atoms with Crippen LogP contribution in [0.4, 0.5) is 4.79 Å². The van der Waals surface area contributed by atoms with Crippen molar-refractivity contribution in [1.29, 1.82) is 0 Å². The quantitative estimate of drug-likeness (QED) is 0.531. The first-order valence-electron chi connectivity index (χ1n) is 11.3. The van der Waals surface area contributed by atoms with E-state index < -0.39 is 12.0 Å². The highest BCUT2D eigenvalue weighted by atomic mass is 16.5. The lowest BCUT2D eigenvalue weighted by Gasteiger charge is -2.29. The largest absolute Gasteiger partial charge is 0.490 e. The topological polar surface area (TPSA) is 85.9 Å². The predicted octanol–water partition coefficient (Wildman–Crippen LogP) is 4.86. The molecule has 2 aromatic carbocycles. The van der Waals surface area contributed by atoms with E-state index in [9.17, 15) is 9.59 Å². The van der Waals surface area contributed by atoms with Gasteiger partial charge in [0.1, 0.15) is 6.61 Å². The Balaban J connectivity index is 1.94. The zero-order chi connectivity index (χ0) is 24.0. The Hall–Kier alpha value is -3.48. The van der Waals surface area contributed by atoms with E-state index in [2.05, 4.69) is 42.7 Å². The summed E-state index contributed by atoms with van der Waals surface area (Å²) in [5.41, 5.74) is 5.09. The number of allylic oxidation sites excluding steroid dienone is 1. The lowest BCUT2D eigenvalue weighted by atomic mass is 9.94. The average molecular weight is 453 g/mol.